The highest BCUT2D eigenvalue weighted by atomic mass is 16.5. The van der Waals surface area contributed by atoms with Crippen LogP contribution < -0.4 is 4.90 Å². The molecular weight excluding hydrogens is 328 g/mol. The lowest BCUT2D eigenvalue weighted by Crippen LogP contribution is -2.41. The van der Waals surface area contributed by atoms with E-state index in [-0.39, 0.29) is 5.92 Å². The van der Waals surface area contributed by atoms with Gasteiger partial charge in [-0.2, -0.15) is 0 Å². The van der Waals surface area contributed by atoms with Crippen molar-refractivity contribution in [3.63, 3.8) is 0 Å². The summed E-state index contributed by atoms with van der Waals surface area (Å²) in [5.74, 6) is 2.79. The lowest BCUT2D eigenvalue weighted by molar-refractivity contribution is -0.136. The van der Waals surface area contributed by atoms with Crippen molar-refractivity contribution in [1.29, 1.82) is 0 Å². The third-order valence-corrected chi connectivity index (χ3v) is 5.74. The van der Waals surface area contributed by atoms with Crippen molar-refractivity contribution in [2.24, 2.45) is 5.92 Å². The second-order valence-electron chi connectivity index (χ2n) is 7.41. The summed E-state index contributed by atoms with van der Waals surface area (Å²) in [6.45, 7) is 11.2. The summed E-state index contributed by atoms with van der Waals surface area (Å²) < 4.78 is 5.45. The molecule has 26 heavy (non-hydrogen) atoms. The van der Waals surface area contributed by atoms with E-state index in [2.05, 4.69) is 34.7 Å². The maximum atomic E-state index is 12.6. The van der Waals surface area contributed by atoms with Crippen LogP contribution in [-0.4, -0.2) is 60.2 Å². The van der Waals surface area contributed by atoms with Gasteiger partial charge in [0, 0.05) is 49.8 Å². The van der Waals surface area contributed by atoms with E-state index < -0.39 is 0 Å². The van der Waals surface area contributed by atoms with E-state index in [0.717, 1.165) is 82.4 Å². The summed E-state index contributed by atoms with van der Waals surface area (Å²) in [5, 5.41) is 0. The smallest absolute Gasteiger partial charge is 0.225 e. The molecule has 2 fully saturated rings. The standard InChI is InChI=1S/C20H32N4O2/c1-4-16(5-2)20(25)24-8-6-17(7-9-24)18-14-19(22-15(3)21-18)23-10-12-26-13-11-23/h14,16-17H,4-13H2,1-3H3. The largest absolute Gasteiger partial charge is 0.378 e. The Bertz CT molecular complexity index is 604. The van der Waals surface area contributed by atoms with Gasteiger partial charge in [0.2, 0.25) is 5.91 Å². The topological polar surface area (TPSA) is 58.6 Å². The minimum absolute atomic E-state index is 0.181. The van der Waals surface area contributed by atoms with Crippen molar-refractivity contribution in [2.45, 2.75) is 52.4 Å². The lowest BCUT2D eigenvalue weighted by atomic mass is 9.91. The molecule has 0 saturated carbocycles. The first-order valence-corrected chi connectivity index (χ1v) is 10.1. The van der Waals surface area contributed by atoms with Gasteiger partial charge in [-0.1, -0.05) is 13.8 Å². The molecule has 0 unspecified atom stereocenters. The second-order valence-corrected chi connectivity index (χ2v) is 7.41. The number of anilines is 1. The summed E-state index contributed by atoms with van der Waals surface area (Å²) in [4.78, 5) is 26.3. The number of aromatic nitrogens is 2. The van der Waals surface area contributed by atoms with E-state index in [1.165, 1.54) is 0 Å². The molecule has 2 aliphatic rings. The van der Waals surface area contributed by atoms with Crippen LogP contribution in [0.2, 0.25) is 0 Å². The van der Waals surface area contributed by atoms with E-state index in [1.807, 2.05) is 6.92 Å². The number of piperidine rings is 1. The molecule has 1 amide bonds. The Kier molecular flexibility index (Phi) is 6.46. The van der Waals surface area contributed by atoms with Gasteiger partial charge in [0.1, 0.15) is 11.6 Å². The molecule has 0 aliphatic carbocycles. The van der Waals surface area contributed by atoms with Crippen molar-refractivity contribution >= 4 is 11.7 Å². The van der Waals surface area contributed by atoms with Crippen LogP contribution in [0.5, 0.6) is 0 Å². The number of hydrogen-bond donors (Lipinski definition) is 0. The number of ether oxygens (including phenoxy) is 1. The van der Waals surface area contributed by atoms with Gasteiger partial charge in [0.15, 0.2) is 0 Å². The summed E-state index contributed by atoms with van der Waals surface area (Å²) in [6, 6.07) is 2.15. The van der Waals surface area contributed by atoms with Crippen LogP contribution in [0.1, 0.15) is 57.0 Å². The molecule has 2 aliphatic heterocycles. The fourth-order valence-electron chi connectivity index (χ4n) is 4.03. The number of hydrogen-bond acceptors (Lipinski definition) is 5. The zero-order chi connectivity index (χ0) is 18.5. The monoisotopic (exact) mass is 360 g/mol. The predicted octanol–water partition coefficient (Wildman–Crippen LogP) is 2.76. The Morgan fingerprint density at radius 3 is 2.42 bits per heavy atom. The van der Waals surface area contributed by atoms with Crippen molar-refractivity contribution in [1.82, 2.24) is 14.9 Å². The molecule has 0 aromatic carbocycles. The summed E-state index contributed by atoms with van der Waals surface area (Å²) >= 11 is 0. The Morgan fingerprint density at radius 2 is 1.81 bits per heavy atom. The van der Waals surface area contributed by atoms with Gasteiger partial charge in [0.25, 0.3) is 0 Å². The summed E-state index contributed by atoms with van der Waals surface area (Å²) in [7, 11) is 0. The molecule has 6 heteroatoms. The molecule has 0 spiro atoms. The number of nitrogens with zero attached hydrogens (tertiary/aromatic N) is 4. The third kappa shape index (κ3) is 4.34. The average molecular weight is 361 g/mol. The molecule has 1 aromatic heterocycles. The Hall–Kier alpha value is -1.69. The fraction of sp³-hybridized carbons (Fsp3) is 0.750. The van der Waals surface area contributed by atoms with Crippen LogP contribution in [0.3, 0.4) is 0 Å². The minimum atomic E-state index is 0.181. The highest BCUT2D eigenvalue weighted by Crippen LogP contribution is 2.30. The predicted molar refractivity (Wildman–Crippen MR) is 102 cm³/mol. The third-order valence-electron chi connectivity index (χ3n) is 5.74. The second kappa shape index (κ2) is 8.80. The highest BCUT2D eigenvalue weighted by Gasteiger charge is 2.28. The minimum Gasteiger partial charge on any atom is -0.378 e. The summed E-state index contributed by atoms with van der Waals surface area (Å²) in [5.41, 5.74) is 1.13. The first-order valence-electron chi connectivity index (χ1n) is 10.1. The van der Waals surface area contributed by atoms with E-state index in [0.29, 0.717) is 11.8 Å². The normalized spacial score (nSPS) is 19.2. The number of carbonyl (C=O) groups is 1. The molecule has 3 heterocycles. The highest BCUT2D eigenvalue weighted by molar-refractivity contribution is 5.78. The fourth-order valence-corrected chi connectivity index (χ4v) is 4.03. The molecule has 0 N–H and O–H groups in total. The van der Waals surface area contributed by atoms with Crippen molar-refractivity contribution in [2.75, 3.05) is 44.3 Å². The number of carbonyl (C=O) groups excluding carboxylic acids is 1. The summed E-state index contributed by atoms with van der Waals surface area (Å²) in [6.07, 6.45) is 3.85. The molecular formula is C20H32N4O2. The van der Waals surface area contributed by atoms with Gasteiger partial charge in [-0.3, -0.25) is 4.79 Å². The molecule has 0 atom stereocenters. The maximum Gasteiger partial charge on any atom is 0.225 e. The maximum absolute atomic E-state index is 12.6. The van der Waals surface area contributed by atoms with Crippen molar-refractivity contribution in [3.05, 3.63) is 17.6 Å². The van der Waals surface area contributed by atoms with Gasteiger partial charge in [-0.05, 0) is 32.6 Å². The zero-order valence-corrected chi connectivity index (χ0v) is 16.4. The van der Waals surface area contributed by atoms with Crippen LogP contribution >= 0.6 is 0 Å². The first kappa shape index (κ1) is 19.1. The molecule has 144 valence electrons. The quantitative estimate of drug-likeness (QED) is 0.808. The Labute approximate surface area is 156 Å². The number of morpholine rings is 1. The van der Waals surface area contributed by atoms with Gasteiger partial charge >= 0.3 is 0 Å². The van der Waals surface area contributed by atoms with Gasteiger partial charge in [-0.15, -0.1) is 0 Å². The van der Waals surface area contributed by atoms with Crippen LogP contribution in [0.15, 0.2) is 6.07 Å². The van der Waals surface area contributed by atoms with E-state index in [4.69, 9.17) is 9.72 Å². The zero-order valence-electron chi connectivity index (χ0n) is 16.4. The molecule has 6 nitrogen and oxygen atoms in total. The van der Waals surface area contributed by atoms with Crippen LogP contribution in [0.4, 0.5) is 5.82 Å². The van der Waals surface area contributed by atoms with Crippen molar-refractivity contribution < 1.29 is 9.53 Å². The van der Waals surface area contributed by atoms with E-state index in [1.54, 1.807) is 0 Å². The number of likely N-dealkylation sites (tertiary alicyclic amines) is 1. The van der Waals surface area contributed by atoms with Gasteiger partial charge in [-0.25, -0.2) is 9.97 Å². The molecule has 2 saturated heterocycles. The van der Waals surface area contributed by atoms with E-state index >= 15 is 0 Å². The van der Waals surface area contributed by atoms with Crippen LogP contribution in [-0.2, 0) is 9.53 Å². The molecule has 3 rings (SSSR count). The van der Waals surface area contributed by atoms with Crippen LogP contribution in [0.25, 0.3) is 0 Å². The molecule has 0 radical (unpaired) electrons. The lowest BCUT2D eigenvalue weighted by Gasteiger charge is -2.34. The van der Waals surface area contributed by atoms with Crippen molar-refractivity contribution in [3.8, 4) is 0 Å². The number of amides is 1. The van der Waals surface area contributed by atoms with Gasteiger partial charge < -0.3 is 14.5 Å². The molecule has 1 aromatic rings. The SMILES string of the molecule is CCC(CC)C(=O)N1CCC(c2cc(N3CCOCC3)nc(C)n2)CC1. The van der Waals surface area contributed by atoms with E-state index in [9.17, 15) is 4.79 Å². The van der Waals surface area contributed by atoms with Crippen LogP contribution in [0, 0.1) is 12.8 Å². The number of aryl methyl sites for hydroxylation is 1. The molecule has 0 bridgehead atoms. The Balaban J connectivity index is 1.65. The number of rotatable bonds is 5. The van der Waals surface area contributed by atoms with Gasteiger partial charge in [0.05, 0.1) is 13.2 Å². The average Bonchev–Trinajstić information content (AvgIpc) is 2.69. The Morgan fingerprint density at radius 1 is 1.15 bits per heavy atom. The first-order chi connectivity index (χ1) is 12.6.